The molecule has 2 N–H and O–H groups in total. The zero-order valence-corrected chi connectivity index (χ0v) is 16.2. The van der Waals surface area contributed by atoms with Gasteiger partial charge in [0.2, 0.25) is 11.8 Å². The molecule has 0 spiro atoms. The molecule has 0 radical (unpaired) electrons. The predicted molar refractivity (Wildman–Crippen MR) is 107 cm³/mol. The number of amides is 2. The largest absolute Gasteiger partial charge is 0.325 e. The molecule has 2 aromatic carbocycles. The smallest absolute Gasteiger partial charge is 0.241 e. The summed E-state index contributed by atoms with van der Waals surface area (Å²) >= 11 is 6.03. The zero-order valence-electron chi connectivity index (χ0n) is 15.5. The van der Waals surface area contributed by atoms with Crippen LogP contribution in [0.15, 0.2) is 48.5 Å². The lowest BCUT2D eigenvalue weighted by Crippen LogP contribution is -2.43. The first kappa shape index (κ1) is 20.6. The minimum atomic E-state index is -0.553. The molecule has 0 bridgehead atoms. The Bertz CT molecular complexity index is 854. The predicted octanol–water partition coefficient (Wildman–Crippen LogP) is 3.44. The molecule has 0 aliphatic carbocycles. The third-order valence-corrected chi connectivity index (χ3v) is 4.45. The van der Waals surface area contributed by atoms with Gasteiger partial charge in [0.1, 0.15) is 0 Å². The molecule has 2 amide bonds. The van der Waals surface area contributed by atoms with Crippen LogP contribution in [0, 0.1) is 0 Å². The maximum Gasteiger partial charge on any atom is 0.241 e. The van der Waals surface area contributed by atoms with Crippen molar-refractivity contribution in [2.45, 2.75) is 19.9 Å². The maximum absolute atomic E-state index is 12.4. The molecule has 142 valence electrons. The van der Waals surface area contributed by atoms with Gasteiger partial charge >= 0.3 is 0 Å². The topological polar surface area (TPSA) is 78.5 Å². The Morgan fingerprint density at radius 2 is 1.78 bits per heavy atom. The van der Waals surface area contributed by atoms with Crippen molar-refractivity contribution in [3.63, 3.8) is 0 Å². The molecule has 0 heterocycles. The number of halogens is 1. The molecule has 0 aromatic heterocycles. The third kappa shape index (κ3) is 5.91. The van der Waals surface area contributed by atoms with E-state index in [4.69, 9.17) is 11.6 Å². The van der Waals surface area contributed by atoms with Gasteiger partial charge in [-0.1, -0.05) is 35.9 Å². The molecular formula is C20H22ClN3O3. The molecular weight excluding hydrogens is 366 g/mol. The van der Waals surface area contributed by atoms with E-state index in [2.05, 4.69) is 10.6 Å². The van der Waals surface area contributed by atoms with Gasteiger partial charge in [-0.2, -0.15) is 0 Å². The van der Waals surface area contributed by atoms with Gasteiger partial charge in [-0.15, -0.1) is 0 Å². The van der Waals surface area contributed by atoms with E-state index in [9.17, 15) is 14.4 Å². The number of likely N-dealkylation sites (N-methyl/N-ethyl adjacent to an activating group) is 1. The highest BCUT2D eigenvalue weighted by atomic mass is 35.5. The number of carbonyl (C=O) groups is 3. The van der Waals surface area contributed by atoms with Crippen LogP contribution in [-0.2, 0) is 9.59 Å². The summed E-state index contributed by atoms with van der Waals surface area (Å²) in [5.41, 5.74) is 1.58. The van der Waals surface area contributed by atoms with Crippen molar-refractivity contribution >= 4 is 40.6 Å². The van der Waals surface area contributed by atoms with E-state index in [1.54, 1.807) is 67.4 Å². The summed E-state index contributed by atoms with van der Waals surface area (Å²) in [5.74, 6) is -0.625. The van der Waals surface area contributed by atoms with Crippen molar-refractivity contribution < 1.29 is 14.4 Å². The second kappa shape index (κ2) is 9.30. The number of para-hydroxylation sites is 1. The Labute approximate surface area is 163 Å². The number of benzene rings is 2. The monoisotopic (exact) mass is 387 g/mol. The minimum absolute atomic E-state index is 0.0211. The molecule has 0 fully saturated rings. The number of rotatable bonds is 7. The molecule has 0 unspecified atom stereocenters. The van der Waals surface area contributed by atoms with Crippen LogP contribution in [0.5, 0.6) is 0 Å². The van der Waals surface area contributed by atoms with Crippen LogP contribution in [0.3, 0.4) is 0 Å². The zero-order chi connectivity index (χ0) is 20.0. The average molecular weight is 388 g/mol. The molecule has 0 saturated heterocycles. The van der Waals surface area contributed by atoms with Crippen molar-refractivity contribution in [3.05, 3.63) is 59.1 Å². The van der Waals surface area contributed by atoms with E-state index in [1.165, 1.54) is 6.92 Å². The van der Waals surface area contributed by atoms with E-state index in [0.29, 0.717) is 22.0 Å². The third-order valence-electron chi connectivity index (χ3n) is 4.12. The van der Waals surface area contributed by atoms with Crippen molar-refractivity contribution in [2.24, 2.45) is 0 Å². The van der Waals surface area contributed by atoms with Crippen molar-refractivity contribution in [1.29, 1.82) is 0 Å². The second-order valence-electron chi connectivity index (χ2n) is 6.25. The summed E-state index contributed by atoms with van der Waals surface area (Å²) < 4.78 is 0. The lowest BCUT2D eigenvalue weighted by Gasteiger charge is -2.23. The SMILES string of the molecule is CC(=O)c1cccc(NC(=O)[C@@H](C)N(C)CC(=O)Nc2ccccc2Cl)c1. The summed E-state index contributed by atoms with van der Waals surface area (Å²) in [6.07, 6.45) is 0. The number of carbonyl (C=O) groups excluding carboxylic acids is 3. The minimum Gasteiger partial charge on any atom is -0.325 e. The van der Waals surface area contributed by atoms with E-state index in [1.807, 2.05) is 0 Å². The van der Waals surface area contributed by atoms with Gasteiger partial charge in [-0.3, -0.25) is 19.3 Å². The number of Topliss-reactive ketones (excluding diaryl/α,β-unsaturated/α-hetero) is 1. The van der Waals surface area contributed by atoms with Crippen molar-refractivity contribution in [2.75, 3.05) is 24.2 Å². The molecule has 2 rings (SSSR count). The van der Waals surface area contributed by atoms with E-state index in [-0.39, 0.29) is 24.1 Å². The molecule has 2 aromatic rings. The fourth-order valence-electron chi connectivity index (χ4n) is 2.38. The fourth-order valence-corrected chi connectivity index (χ4v) is 2.56. The Hall–Kier alpha value is -2.70. The molecule has 27 heavy (non-hydrogen) atoms. The van der Waals surface area contributed by atoms with E-state index < -0.39 is 6.04 Å². The molecule has 0 aliphatic rings. The van der Waals surface area contributed by atoms with Crippen LogP contribution in [-0.4, -0.2) is 42.1 Å². The van der Waals surface area contributed by atoms with Crippen LogP contribution in [0.25, 0.3) is 0 Å². The average Bonchev–Trinajstić information content (AvgIpc) is 2.63. The standard InChI is InChI=1S/C20H22ClN3O3/c1-13(20(27)22-16-8-6-7-15(11-16)14(2)25)24(3)12-19(26)23-18-10-5-4-9-17(18)21/h4-11,13H,12H2,1-3H3,(H,22,27)(H,23,26)/t13-/m1/s1. The lowest BCUT2D eigenvalue weighted by molar-refractivity contribution is -0.122. The van der Waals surface area contributed by atoms with Crippen LogP contribution in [0.4, 0.5) is 11.4 Å². The molecule has 7 heteroatoms. The highest BCUT2D eigenvalue weighted by Crippen LogP contribution is 2.20. The number of hydrogen-bond donors (Lipinski definition) is 2. The van der Waals surface area contributed by atoms with Crippen LogP contribution < -0.4 is 10.6 Å². The first-order valence-corrected chi connectivity index (χ1v) is 8.82. The second-order valence-corrected chi connectivity index (χ2v) is 6.65. The summed E-state index contributed by atoms with van der Waals surface area (Å²) in [4.78, 5) is 37.7. The van der Waals surface area contributed by atoms with Gasteiger partial charge < -0.3 is 10.6 Å². The Kier molecular flexibility index (Phi) is 7.10. The molecule has 0 saturated carbocycles. The van der Waals surface area contributed by atoms with E-state index >= 15 is 0 Å². The summed E-state index contributed by atoms with van der Waals surface area (Å²) in [6.45, 7) is 3.19. The molecule has 6 nitrogen and oxygen atoms in total. The summed E-state index contributed by atoms with van der Waals surface area (Å²) in [7, 11) is 1.68. The Morgan fingerprint density at radius 1 is 1.07 bits per heavy atom. The highest BCUT2D eigenvalue weighted by molar-refractivity contribution is 6.33. The van der Waals surface area contributed by atoms with Gasteiger partial charge in [0, 0.05) is 11.3 Å². The number of nitrogens with one attached hydrogen (secondary N) is 2. The quantitative estimate of drug-likeness (QED) is 0.713. The normalized spacial score (nSPS) is 11.7. The first-order chi connectivity index (χ1) is 12.8. The molecule has 0 aliphatic heterocycles. The highest BCUT2D eigenvalue weighted by Gasteiger charge is 2.20. The summed E-state index contributed by atoms with van der Waals surface area (Å²) in [6, 6.07) is 13.1. The number of anilines is 2. The van der Waals surface area contributed by atoms with Gasteiger partial charge in [-0.05, 0) is 45.2 Å². The van der Waals surface area contributed by atoms with E-state index in [0.717, 1.165) is 0 Å². The van der Waals surface area contributed by atoms with Crippen molar-refractivity contribution in [1.82, 2.24) is 4.90 Å². The Balaban J connectivity index is 1.93. The Morgan fingerprint density at radius 3 is 2.44 bits per heavy atom. The fraction of sp³-hybridized carbons (Fsp3) is 0.250. The number of hydrogen-bond acceptors (Lipinski definition) is 4. The van der Waals surface area contributed by atoms with Gasteiger partial charge in [0.25, 0.3) is 0 Å². The van der Waals surface area contributed by atoms with Gasteiger partial charge in [0.05, 0.1) is 23.3 Å². The summed E-state index contributed by atoms with van der Waals surface area (Å²) in [5, 5.41) is 5.94. The van der Waals surface area contributed by atoms with Crippen LogP contribution in [0.2, 0.25) is 5.02 Å². The first-order valence-electron chi connectivity index (χ1n) is 8.44. The van der Waals surface area contributed by atoms with Crippen LogP contribution in [0.1, 0.15) is 24.2 Å². The lowest BCUT2D eigenvalue weighted by atomic mass is 10.1. The van der Waals surface area contributed by atoms with Gasteiger partial charge in [0.15, 0.2) is 5.78 Å². The van der Waals surface area contributed by atoms with Gasteiger partial charge in [-0.25, -0.2) is 0 Å². The van der Waals surface area contributed by atoms with Crippen LogP contribution >= 0.6 is 11.6 Å². The number of nitrogens with zero attached hydrogens (tertiary/aromatic N) is 1. The number of ketones is 1. The van der Waals surface area contributed by atoms with Crippen molar-refractivity contribution in [3.8, 4) is 0 Å². The maximum atomic E-state index is 12.4. The molecule has 1 atom stereocenters.